The highest BCUT2D eigenvalue weighted by Gasteiger charge is 2.38. The van der Waals surface area contributed by atoms with Gasteiger partial charge in [0.1, 0.15) is 0 Å². The number of hydrogen-bond donors (Lipinski definition) is 3. The summed E-state index contributed by atoms with van der Waals surface area (Å²) in [6, 6.07) is 0.515. The molecule has 2 fully saturated rings. The molecule has 0 bridgehead atoms. The lowest BCUT2D eigenvalue weighted by Gasteiger charge is -2.36. The molecule has 0 spiro atoms. The van der Waals surface area contributed by atoms with Crippen LogP contribution in [0.25, 0.3) is 0 Å². The van der Waals surface area contributed by atoms with Crippen molar-refractivity contribution in [2.75, 3.05) is 6.54 Å². The van der Waals surface area contributed by atoms with E-state index in [1.807, 2.05) is 0 Å². The first-order valence-corrected chi connectivity index (χ1v) is 8.14. The van der Waals surface area contributed by atoms with E-state index >= 15 is 0 Å². The number of aliphatic carboxylic acids is 1. The molecular formula is C16H29NO3. The normalized spacial score (nSPS) is 41.8. The molecule has 3 atom stereocenters. The number of rotatable bonds is 5. The van der Waals surface area contributed by atoms with E-state index in [9.17, 15) is 9.90 Å². The second-order valence-corrected chi connectivity index (χ2v) is 6.93. The number of hydrogen-bond acceptors (Lipinski definition) is 3. The maximum Gasteiger partial charge on any atom is 0.306 e. The van der Waals surface area contributed by atoms with Gasteiger partial charge in [-0.25, -0.2) is 0 Å². The third-order valence-electron chi connectivity index (χ3n) is 5.71. The summed E-state index contributed by atoms with van der Waals surface area (Å²) in [5.41, 5.74) is -0.698. The highest BCUT2D eigenvalue weighted by molar-refractivity contribution is 5.70. The molecule has 0 aromatic heterocycles. The summed E-state index contributed by atoms with van der Waals surface area (Å²) < 4.78 is 0. The van der Waals surface area contributed by atoms with E-state index < -0.39 is 11.6 Å². The fourth-order valence-electron chi connectivity index (χ4n) is 4.01. The van der Waals surface area contributed by atoms with Gasteiger partial charge < -0.3 is 15.5 Å². The Morgan fingerprint density at radius 2 is 1.90 bits per heavy atom. The van der Waals surface area contributed by atoms with Crippen molar-refractivity contribution < 1.29 is 15.0 Å². The smallest absolute Gasteiger partial charge is 0.306 e. The average molecular weight is 283 g/mol. The first-order chi connectivity index (χ1) is 9.45. The van der Waals surface area contributed by atoms with Gasteiger partial charge in [-0.15, -0.1) is 0 Å². The van der Waals surface area contributed by atoms with Gasteiger partial charge in [-0.1, -0.05) is 20.3 Å². The van der Waals surface area contributed by atoms with Crippen molar-refractivity contribution in [1.29, 1.82) is 0 Å². The van der Waals surface area contributed by atoms with Crippen molar-refractivity contribution in [3.63, 3.8) is 0 Å². The molecule has 2 aliphatic carbocycles. The van der Waals surface area contributed by atoms with Crippen LogP contribution in [0.1, 0.15) is 58.8 Å². The second-order valence-electron chi connectivity index (χ2n) is 6.93. The molecule has 0 aliphatic heterocycles. The summed E-state index contributed by atoms with van der Waals surface area (Å²) in [6.07, 6.45) is 6.15. The minimum Gasteiger partial charge on any atom is -0.481 e. The maximum absolute atomic E-state index is 10.9. The molecule has 0 radical (unpaired) electrons. The third-order valence-corrected chi connectivity index (χ3v) is 5.71. The van der Waals surface area contributed by atoms with Crippen molar-refractivity contribution in [3.05, 3.63) is 0 Å². The quantitative estimate of drug-likeness (QED) is 0.724. The van der Waals surface area contributed by atoms with Gasteiger partial charge in [0, 0.05) is 12.6 Å². The minimum absolute atomic E-state index is 0.259. The molecule has 0 heterocycles. The van der Waals surface area contributed by atoms with Crippen LogP contribution in [0, 0.1) is 17.8 Å². The Balaban J connectivity index is 1.78. The lowest BCUT2D eigenvalue weighted by molar-refractivity contribution is -0.144. The summed E-state index contributed by atoms with van der Waals surface area (Å²) >= 11 is 0. The molecule has 2 saturated carbocycles. The molecule has 2 rings (SSSR count). The van der Waals surface area contributed by atoms with E-state index in [0.717, 1.165) is 5.92 Å². The number of nitrogens with one attached hydrogen (secondary N) is 1. The molecule has 20 heavy (non-hydrogen) atoms. The summed E-state index contributed by atoms with van der Waals surface area (Å²) in [7, 11) is 0. The van der Waals surface area contributed by atoms with Crippen LogP contribution in [-0.4, -0.2) is 34.4 Å². The van der Waals surface area contributed by atoms with Crippen LogP contribution < -0.4 is 5.32 Å². The standard InChI is InChI=1S/C16H29NO3/c1-3-12-4-5-14(11(12)2)17-10-16(20)8-6-13(7-9-16)15(18)19/h11-14,17,20H,3-10H2,1-2H3,(H,18,19). The Morgan fingerprint density at radius 3 is 2.40 bits per heavy atom. The van der Waals surface area contributed by atoms with Crippen LogP contribution in [0.3, 0.4) is 0 Å². The summed E-state index contributed by atoms with van der Waals surface area (Å²) in [5.74, 6) is 0.518. The van der Waals surface area contributed by atoms with Gasteiger partial charge in [0.25, 0.3) is 0 Å². The number of carbonyl (C=O) groups is 1. The van der Waals surface area contributed by atoms with Crippen LogP contribution in [0.5, 0.6) is 0 Å². The van der Waals surface area contributed by atoms with Crippen LogP contribution in [0.2, 0.25) is 0 Å². The predicted octanol–water partition coefficient (Wildman–Crippen LogP) is 2.41. The highest BCUT2D eigenvalue weighted by Crippen LogP contribution is 2.35. The molecule has 0 aromatic rings. The van der Waals surface area contributed by atoms with E-state index in [-0.39, 0.29) is 5.92 Å². The van der Waals surface area contributed by atoms with Gasteiger partial charge in [-0.3, -0.25) is 4.79 Å². The molecule has 2 aliphatic rings. The molecule has 0 saturated heterocycles. The zero-order chi connectivity index (χ0) is 14.8. The van der Waals surface area contributed by atoms with E-state index in [1.54, 1.807) is 0 Å². The van der Waals surface area contributed by atoms with E-state index in [1.165, 1.54) is 19.3 Å². The molecule has 4 heteroatoms. The molecule has 3 unspecified atom stereocenters. The predicted molar refractivity (Wildman–Crippen MR) is 78.5 cm³/mol. The van der Waals surface area contributed by atoms with Crippen molar-refractivity contribution in [1.82, 2.24) is 5.32 Å². The van der Waals surface area contributed by atoms with Crippen LogP contribution in [0.15, 0.2) is 0 Å². The van der Waals surface area contributed by atoms with E-state index in [2.05, 4.69) is 19.2 Å². The van der Waals surface area contributed by atoms with Crippen LogP contribution in [-0.2, 0) is 4.79 Å². The van der Waals surface area contributed by atoms with Gasteiger partial charge >= 0.3 is 5.97 Å². The van der Waals surface area contributed by atoms with Gasteiger partial charge in [0.15, 0.2) is 0 Å². The average Bonchev–Trinajstić information content (AvgIpc) is 2.77. The molecular weight excluding hydrogens is 254 g/mol. The van der Waals surface area contributed by atoms with Crippen LogP contribution >= 0.6 is 0 Å². The fraction of sp³-hybridized carbons (Fsp3) is 0.938. The monoisotopic (exact) mass is 283 g/mol. The van der Waals surface area contributed by atoms with Crippen molar-refractivity contribution in [2.45, 2.75) is 70.4 Å². The van der Waals surface area contributed by atoms with Gasteiger partial charge in [-0.05, 0) is 50.4 Å². The minimum atomic E-state index is -0.713. The summed E-state index contributed by atoms with van der Waals surface area (Å²) in [4.78, 5) is 10.9. The third kappa shape index (κ3) is 3.53. The second kappa shape index (κ2) is 6.44. The fourth-order valence-corrected chi connectivity index (χ4v) is 4.01. The SMILES string of the molecule is CCC1CCC(NCC2(O)CCC(C(=O)O)CC2)C1C. The Labute approximate surface area is 122 Å². The molecule has 3 N–H and O–H groups in total. The zero-order valence-electron chi connectivity index (χ0n) is 12.8. The maximum atomic E-state index is 10.9. The first-order valence-electron chi connectivity index (χ1n) is 8.14. The number of carboxylic acid groups (broad SMARTS) is 1. The highest BCUT2D eigenvalue weighted by atomic mass is 16.4. The van der Waals surface area contributed by atoms with Gasteiger partial charge in [0.05, 0.1) is 11.5 Å². The van der Waals surface area contributed by atoms with Crippen molar-refractivity contribution in [3.8, 4) is 0 Å². The lowest BCUT2D eigenvalue weighted by atomic mass is 9.78. The van der Waals surface area contributed by atoms with Gasteiger partial charge in [-0.2, -0.15) is 0 Å². The van der Waals surface area contributed by atoms with E-state index in [4.69, 9.17) is 5.11 Å². The van der Waals surface area contributed by atoms with Crippen molar-refractivity contribution in [2.24, 2.45) is 17.8 Å². The van der Waals surface area contributed by atoms with E-state index in [0.29, 0.717) is 44.2 Å². The lowest BCUT2D eigenvalue weighted by Crippen LogP contribution is -2.48. The largest absolute Gasteiger partial charge is 0.481 e. The molecule has 4 nitrogen and oxygen atoms in total. The van der Waals surface area contributed by atoms with Crippen molar-refractivity contribution >= 4 is 5.97 Å². The summed E-state index contributed by atoms with van der Waals surface area (Å²) in [5, 5.41) is 23.1. The Bertz CT molecular complexity index is 337. The van der Waals surface area contributed by atoms with Gasteiger partial charge in [0.2, 0.25) is 0 Å². The number of aliphatic hydroxyl groups is 1. The Morgan fingerprint density at radius 1 is 1.25 bits per heavy atom. The Hall–Kier alpha value is -0.610. The first kappa shape index (κ1) is 15.8. The topological polar surface area (TPSA) is 69.6 Å². The summed E-state index contributed by atoms with van der Waals surface area (Å²) in [6.45, 7) is 5.18. The molecule has 0 aromatic carbocycles. The molecule has 0 amide bonds. The zero-order valence-corrected chi connectivity index (χ0v) is 12.8. The Kier molecular flexibility index (Phi) is 5.08. The number of carboxylic acids is 1. The van der Waals surface area contributed by atoms with Crippen LogP contribution in [0.4, 0.5) is 0 Å². The molecule has 116 valence electrons.